The lowest BCUT2D eigenvalue weighted by atomic mass is 10.1. The second-order valence-corrected chi connectivity index (χ2v) is 10.2. The van der Waals surface area contributed by atoms with Gasteiger partial charge in [-0.05, 0) is 38.7 Å². The molecule has 1 unspecified atom stereocenters. The molecule has 1 heterocycles. The molecule has 1 amide bonds. The molecule has 0 aromatic heterocycles. The highest BCUT2D eigenvalue weighted by Gasteiger charge is 2.29. The summed E-state index contributed by atoms with van der Waals surface area (Å²) in [6, 6.07) is 16.8. The van der Waals surface area contributed by atoms with Crippen molar-refractivity contribution in [2.45, 2.75) is 17.9 Å². The Balaban J connectivity index is 1.55. The van der Waals surface area contributed by atoms with Crippen LogP contribution in [0.15, 0.2) is 59.5 Å². The van der Waals surface area contributed by atoms with E-state index in [4.69, 9.17) is 0 Å². The number of nitrogens with one attached hydrogen (secondary N) is 1. The number of hydrogen-bond donors (Lipinski definition) is 1. The number of amides is 1. The highest BCUT2D eigenvalue weighted by Crippen LogP contribution is 2.18. The van der Waals surface area contributed by atoms with Gasteiger partial charge in [0.2, 0.25) is 15.9 Å². The Morgan fingerprint density at radius 2 is 1.61 bits per heavy atom. The van der Waals surface area contributed by atoms with Crippen molar-refractivity contribution in [3.8, 4) is 0 Å². The molecular formula is C23H32N4O3S. The molecule has 1 aliphatic rings. The van der Waals surface area contributed by atoms with Crippen LogP contribution in [0, 0.1) is 6.92 Å². The number of likely N-dealkylation sites (N-methyl/N-ethyl adjacent to an activating group) is 1. The molecule has 7 nitrogen and oxygen atoms in total. The number of carbonyl (C=O) groups excluding carboxylic acids is 1. The summed E-state index contributed by atoms with van der Waals surface area (Å²) in [6.07, 6.45) is 0. The zero-order valence-electron chi connectivity index (χ0n) is 18.5. The van der Waals surface area contributed by atoms with Gasteiger partial charge in [0.1, 0.15) is 0 Å². The minimum atomic E-state index is -3.50. The van der Waals surface area contributed by atoms with Crippen molar-refractivity contribution in [2.75, 3.05) is 53.4 Å². The molecule has 0 spiro atoms. The van der Waals surface area contributed by atoms with Gasteiger partial charge < -0.3 is 10.2 Å². The highest BCUT2D eigenvalue weighted by atomic mass is 32.2. The molecule has 1 fully saturated rings. The van der Waals surface area contributed by atoms with Crippen LogP contribution < -0.4 is 5.32 Å². The molecule has 0 aliphatic carbocycles. The van der Waals surface area contributed by atoms with Gasteiger partial charge in [-0.2, -0.15) is 4.31 Å². The Labute approximate surface area is 185 Å². The lowest BCUT2D eigenvalue weighted by molar-refractivity contribution is -0.123. The predicted octanol–water partition coefficient (Wildman–Crippen LogP) is 1.72. The summed E-state index contributed by atoms with van der Waals surface area (Å²) in [5.74, 6) is -0.0504. The van der Waals surface area contributed by atoms with Gasteiger partial charge in [-0.1, -0.05) is 48.0 Å². The van der Waals surface area contributed by atoms with Gasteiger partial charge in [-0.25, -0.2) is 8.42 Å². The lowest BCUT2D eigenvalue weighted by Gasteiger charge is -2.34. The largest absolute Gasteiger partial charge is 0.347 e. The maximum absolute atomic E-state index is 12.9. The smallest absolute Gasteiger partial charge is 0.243 e. The van der Waals surface area contributed by atoms with Crippen LogP contribution in [-0.2, 0) is 14.8 Å². The molecular weight excluding hydrogens is 412 g/mol. The molecule has 2 aromatic carbocycles. The number of sulfonamides is 1. The van der Waals surface area contributed by atoms with E-state index in [0.717, 1.165) is 11.1 Å². The van der Waals surface area contributed by atoms with Gasteiger partial charge in [0.25, 0.3) is 0 Å². The van der Waals surface area contributed by atoms with Crippen LogP contribution in [0.5, 0.6) is 0 Å². The summed E-state index contributed by atoms with van der Waals surface area (Å²) in [4.78, 5) is 17.1. The third-order valence-corrected chi connectivity index (χ3v) is 7.35. The zero-order chi connectivity index (χ0) is 22.4. The quantitative estimate of drug-likeness (QED) is 0.671. The van der Waals surface area contributed by atoms with Crippen LogP contribution in [0.1, 0.15) is 17.2 Å². The van der Waals surface area contributed by atoms with Crippen molar-refractivity contribution < 1.29 is 13.2 Å². The third-order valence-electron chi connectivity index (χ3n) is 5.44. The van der Waals surface area contributed by atoms with Crippen LogP contribution in [0.2, 0.25) is 0 Å². The SMILES string of the molecule is Cc1ccc(S(=O)(=O)N2CCN(CC(=O)NC(CN(C)C)c3ccccc3)CC2)cc1. The van der Waals surface area contributed by atoms with E-state index < -0.39 is 10.0 Å². The molecule has 0 bridgehead atoms. The second-order valence-electron chi connectivity index (χ2n) is 8.29. The molecule has 1 saturated heterocycles. The summed E-state index contributed by atoms with van der Waals surface area (Å²) in [5, 5.41) is 3.13. The first-order chi connectivity index (χ1) is 14.8. The topological polar surface area (TPSA) is 73.0 Å². The first-order valence-electron chi connectivity index (χ1n) is 10.5. The van der Waals surface area contributed by atoms with Crippen LogP contribution in [-0.4, -0.2) is 81.8 Å². The van der Waals surface area contributed by atoms with E-state index >= 15 is 0 Å². The number of piperazine rings is 1. The molecule has 1 N–H and O–H groups in total. The van der Waals surface area contributed by atoms with E-state index in [9.17, 15) is 13.2 Å². The van der Waals surface area contributed by atoms with Gasteiger partial charge >= 0.3 is 0 Å². The van der Waals surface area contributed by atoms with Gasteiger partial charge in [0, 0.05) is 32.7 Å². The number of carbonyl (C=O) groups is 1. The standard InChI is InChI=1S/C23H32N4O3S/c1-19-9-11-21(12-10-19)31(29,30)27-15-13-26(14-16-27)18-23(28)24-22(17-25(2)3)20-7-5-4-6-8-20/h4-12,22H,13-18H2,1-3H3,(H,24,28). The summed E-state index contributed by atoms with van der Waals surface area (Å²) in [7, 11) is 0.465. The molecule has 0 saturated carbocycles. The fourth-order valence-corrected chi connectivity index (χ4v) is 5.14. The molecule has 1 aliphatic heterocycles. The van der Waals surface area contributed by atoms with Crippen LogP contribution in [0.3, 0.4) is 0 Å². The highest BCUT2D eigenvalue weighted by molar-refractivity contribution is 7.89. The minimum absolute atomic E-state index is 0.0504. The molecule has 1 atom stereocenters. The van der Waals surface area contributed by atoms with Crippen molar-refractivity contribution in [1.82, 2.24) is 19.4 Å². The number of benzene rings is 2. The van der Waals surface area contributed by atoms with Crippen molar-refractivity contribution in [2.24, 2.45) is 0 Å². The molecule has 168 valence electrons. The normalized spacial score (nSPS) is 16.9. The second kappa shape index (κ2) is 10.4. The Morgan fingerprint density at radius 3 is 2.19 bits per heavy atom. The van der Waals surface area contributed by atoms with Crippen molar-refractivity contribution in [3.05, 3.63) is 65.7 Å². The van der Waals surface area contributed by atoms with E-state index in [0.29, 0.717) is 37.6 Å². The van der Waals surface area contributed by atoms with Gasteiger partial charge in [0.05, 0.1) is 17.5 Å². The Hall–Kier alpha value is -2.26. The molecule has 3 rings (SSSR count). The first kappa shape index (κ1) is 23.4. The van der Waals surface area contributed by atoms with E-state index in [1.807, 2.05) is 73.3 Å². The number of nitrogens with zero attached hydrogens (tertiary/aromatic N) is 3. The maximum Gasteiger partial charge on any atom is 0.243 e. The Morgan fingerprint density at radius 1 is 1.00 bits per heavy atom. The summed E-state index contributed by atoms with van der Waals surface area (Å²) >= 11 is 0. The third kappa shape index (κ3) is 6.36. The number of rotatable bonds is 8. The van der Waals surface area contributed by atoms with Gasteiger partial charge in [-0.15, -0.1) is 0 Å². The molecule has 8 heteroatoms. The van der Waals surface area contributed by atoms with E-state index in [2.05, 4.69) is 5.32 Å². The van der Waals surface area contributed by atoms with E-state index in [-0.39, 0.29) is 18.5 Å². The monoisotopic (exact) mass is 444 g/mol. The fourth-order valence-electron chi connectivity index (χ4n) is 3.72. The minimum Gasteiger partial charge on any atom is -0.347 e. The molecule has 0 radical (unpaired) electrons. The number of hydrogen-bond acceptors (Lipinski definition) is 5. The van der Waals surface area contributed by atoms with Crippen LogP contribution in [0.25, 0.3) is 0 Å². The Bertz CT molecular complexity index is 954. The van der Waals surface area contributed by atoms with E-state index in [1.54, 1.807) is 12.1 Å². The summed E-state index contributed by atoms with van der Waals surface area (Å²) in [5.41, 5.74) is 2.09. The van der Waals surface area contributed by atoms with Gasteiger partial charge in [-0.3, -0.25) is 9.69 Å². The lowest BCUT2D eigenvalue weighted by Crippen LogP contribution is -2.51. The van der Waals surface area contributed by atoms with Crippen LogP contribution >= 0.6 is 0 Å². The van der Waals surface area contributed by atoms with Crippen molar-refractivity contribution >= 4 is 15.9 Å². The number of aryl methyl sites for hydroxylation is 1. The van der Waals surface area contributed by atoms with Crippen LogP contribution in [0.4, 0.5) is 0 Å². The maximum atomic E-state index is 12.9. The van der Waals surface area contributed by atoms with E-state index in [1.165, 1.54) is 4.31 Å². The first-order valence-corrected chi connectivity index (χ1v) is 12.0. The fraction of sp³-hybridized carbons (Fsp3) is 0.435. The average molecular weight is 445 g/mol. The van der Waals surface area contributed by atoms with Gasteiger partial charge in [0.15, 0.2) is 0 Å². The average Bonchev–Trinajstić information content (AvgIpc) is 2.74. The summed E-state index contributed by atoms with van der Waals surface area (Å²) < 4.78 is 27.2. The zero-order valence-corrected chi connectivity index (χ0v) is 19.3. The predicted molar refractivity (Wildman–Crippen MR) is 122 cm³/mol. The Kier molecular flexibility index (Phi) is 7.83. The van der Waals surface area contributed by atoms with Crippen molar-refractivity contribution in [1.29, 1.82) is 0 Å². The summed E-state index contributed by atoms with van der Waals surface area (Å²) in [6.45, 7) is 4.71. The molecule has 2 aromatic rings. The molecule has 31 heavy (non-hydrogen) atoms. The van der Waals surface area contributed by atoms with Crippen molar-refractivity contribution in [3.63, 3.8) is 0 Å².